The van der Waals surface area contributed by atoms with Gasteiger partial charge in [0.25, 0.3) is 5.91 Å². The summed E-state index contributed by atoms with van der Waals surface area (Å²) in [5, 5.41) is 2.54. The zero-order chi connectivity index (χ0) is 14.6. The number of amides is 2. The molecule has 0 aromatic heterocycles. The smallest absolute Gasteiger partial charge is 0.325 e. The molecule has 2 amide bonds. The van der Waals surface area contributed by atoms with E-state index in [-0.39, 0.29) is 23.2 Å². The van der Waals surface area contributed by atoms with Crippen molar-refractivity contribution in [1.82, 2.24) is 10.2 Å². The minimum absolute atomic E-state index is 0.0686. The fraction of sp³-hybridized carbons (Fsp3) is 0.545. The van der Waals surface area contributed by atoms with Gasteiger partial charge in [0.15, 0.2) is 0 Å². The molecule has 19 heavy (non-hydrogen) atoms. The van der Waals surface area contributed by atoms with E-state index in [4.69, 9.17) is 23.2 Å². The fourth-order valence-electron chi connectivity index (χ4n) is 1.68. The summed E-state index contributed by atoms with van der Waals surface area (Å²) in [5.74, 6) is -1.49. The highest BCUT2D eigenvalue weighted by Crippen LogP contribution is 2.27. The highest BCUT2D eigenvalue weighted by atomic mass is 35.5. The molecule has 6 nitrogen and oxygen atoms in total. The van der Waals surface area contributed by atoms with Gasteiger partial charge in [-0.3, -0.25) is 14.4 Å². The summed E-state index contributed by atoms with van der Waals surface area (Å²) >= 11 is 11.5. The molecule has 0 fully saturated rings. The lowest BCUT2D eigenvalue weighted by molar-refractivity contribution is -0.142. The highest BCUT2D eigenvalue weighted by molar-refractivity contribution is 6.49. The van der Waals surface area contributed by atoms with Crippen LogP contribution in [-0.4, -0.2) is 48.9 Å². The van der Waals surface area contributed by atoms with Gasteiger partial charge >= 0.3 is 5.97 Å². The number of nitrogens with one attached hydrogen (secondary N) is 1. The van der Waals surface area contributed by atoms with Crippen LogP contribution in [0.25, 0.3) is 0 Å². The van der Waals surface area contributed by atoms with Crippen LogP contribution in [0, 0.1) is 0 Å². The molecule has 0 saturated heterocycles. The lowest BCUT2D eigenvalue weighted by Gasteiger charge is -2.25. The molecule has 1 aliphatic heterocycles. The van der Waals surface area contributed by atoms with Crippen molar-refractivity contribution in [3.05, 3.63) is 10.1 Å². The third-order valence-corrected chi connectivity index (χ3v) is 3.49. The third kappa shape index (κ3) is 3.61. The number of esters is 1. The Bertz CT molecular complexity index is 436. The Morgan fingerprint density at radius 3 is 2.53 bits per heavy atom. The van der Waals surface area contributed by atoms with Gasteiger partial charge in [0.05, 0.1) is 18.7 Å². The van der Waals surface area contributed by atoms with Gasteiger partial charge in [-0.15, -0.1) is 0 Å². The predicted molar refractivity (Wildman–Crippen MR) is 69.5 cm³/mol. The number of carbonyl (C=O) groups is 3. The molecule has 0 radical (unpaired) electrons. The standard InChI is InChI=1S/C11H14Cl2N2O4/c1-3-7(10(17)14-4-8(16)19-2)15-5-6(12)9(13)11(15)18/h7H,3-5H2,1-2H3,(H,14,17)/t7-/m1/s1. The van der Waals surface area contributed by atoms with Crippen LogP contribution in [0.4, 0.5) is 0 Å². The van der Waals surface area contributed by atoms with E-state index in [9.17, 15) is 14.4 Å². The number of hydrogen-bond donors (Lipinski definition) is 1. The Labute approximate surface area is 120 Å². The fourth-order valence-corrected chi connectivity index (χ4v) is 2.06. The monoisotopic (exact) mass is 308 g/mol. The maximum atomic E-state index is 11.9. The molecule has 0 aromatic carbocycles. The lowest BCUT2D eigenvalue weighted by atomic mass is 10.2. The Kier molecular flexibility index (Phi) is 5.62. The summed E-state index contributed by atoms with van der Waals surface area (Å²) < 4.78 is 4.41. The molecule has 0 aliphatic carbocycles. The van der Waals surface area contributed by atoms with Gasteiger partial charge in [0.2, 0.25) is 5.91 Å². The molecule has 8 heteroatoms. The number of methoxy groups -OCH3 is 1. The minimum atomic E-state index is -0.720. The van der Waals surface area contributed by atoms with E-state index in [1.54, 1.807) is 6.92 Å². The summed E-state index contributed by atoms with van der Waals surface area (Å²) in [4.78, 5) is 35.9. The number of halogens is 2. The molecule has 0 aromatic rings. The van der Waals surface area contributed by atoms with Crippen molar-refractivity contribution in [2.45, 2.75) is 19.4 Å². The average Bonchev–Trinajstić information content (AvgIpc) is 2.65. The topological polar surface area (TPSA) is 75.7 Å². The summed E-state index contributed by atoms with van der Waals surface area (Å²) in [6.45, 7) is 1.60. The van der Waals surface area contributed by atoms with E-state index >= 15 is 0 Å². The zero-order valence-electron chi connectivity index (χ0n) is 10.5. The van der Waals surface area contributed by atoms with Crippen LogP contribution < -0.4 is 5.32 Å². The normalized spacial score (nSPS) is 16.6. The number of ether oxygens (including phenoxy) is 1. The average molecular weight is 309 g/mol. The van der Waals surface area contributed by atoms with Crippen LogP contribution in [0.2, 0.25) is 0 Å². The van der Waals surface area contributed by atoms with E-state index in [1.165, 1.54) is 12.0 Å². The van der Waals surface area contributed by atoms with Crippen molar-refractivity contribution in [2.24, 2.45) is 0 Å². The Morgan fingerprint density at radius 1 is 1.47 bits per heavy atom. The molecule has 1 atom stereocenters. The summed E-state index contributed by atoms with van der Waals surface area (Å²) in [7, 11) is 1.22. The molecular weight excluding hydrogens is 295 g/mol. The number of carbonyl (C=O) groups excluding carboxylic acids is 3. The third-order valence-electron chi connectivity index (χ3n) is 2.70. The molecule has 0 bridgehead atoms. The van der Waals surface area contributed by atoms with Gasteiger partial charge in [-0.2, -0.15) is 0 Å². The maximum Gasteiger partial charge on any atom is 0.325 e. The quantitative estimate of drug-likeness (QED) is 0.754. The number of rotatable bonds is 5. The van der Waals surface area contributed by atoms with E-state index in [0.29, 0.717) is 6.42 Å². The first kappa shape index (κ1) is 15.8. The van der Waals surface area contributed by atoms with E-state index in [2.05, 4.69) is 10.1 Å². The Morgan fingerprint density at radius 2 is 2.11 bits per heavy atom. The molecule has 1 aliphatic rings. The van der Waals surface area contributed by atoms with Crippen LogP contribution in [0.5, 0.6) is 0 Å². The van der Waals surface area contributed by atoms with Crippen LogP contribution >= 0.6 is 23.2 Å². The van der Waals surface area contributed by atoms with Gasteiger partial charge in [-0.1, -0.05) is 30.1 Å². The first-order valence-electron chi connectivity index (χ1n) is 5.62. The molecular formula is C11H14Cl2N2O4. The highest BCUT2D eigenvalue weighted by Gasteiger charge is 2.36. The molecule has 1 rings (SSSR count). The molecule has 1 N–H and O–H groups in total. The van der Waals surface area contributed by atoms with Gasteiger partial charge < -0.3 is 15.0 Å². The predicted octanol–water partition coefficient (Wildman–Crippen LogP) is 0.586. The van der Waals surface area contributed by atoms with E-state index in [0.717, 1.165) is 0 Å². The summed E-state index contributed by atoms with van der Waals surface area (Å²) in [6.07, 6.45) is 0.382. The Hall–Kier alpha value is -1.27. The lowest BCUT2D eigenvalue weighted by Crippen LogP contribution is -2.48. The van der Waals surface area contributed by atoms with Crippen molar-refractivity contribution < 1.29 is 19.1 Å². The molecule has 0 saturated carbocycles. The SMILES string of the molecule is CC[C@H](C(=O)NCC(=O)OC)N1CC(Cl)=C(Cl)C1=O. The second-order valence-electron chi connectivity index (χ2n) is 3.87. The van der Waals surface area contributed by atoms with Crippen LogP contribution in [0.15, 0.2) is 10.1 Å². The van der Waals surface area contributed by atoms with Gasteiger partial charge in [-0.05, 0) is 6.42 Å². The van der Waals surface area contributed by atoms with Crippen molar-refractivity contribution in [1.29, 1.82) is 0 Å². The minimum Gasteiger partial charge on any atom is -0.468 e. The van der Waals surface area contributed by atoms with Crippen molar-refractivity contribution in [2.75, 3.05) is 20.2 Å². The summed E-state index contributed by atoms with van der Waals surface area (Å²) in [6, 6.07) is -0.720. The molecule has 0 unspecified atom stereocenters. The van der Waals surface area contributed by atoms with E-state index in [1.807, 2.05) is 0 Å². The molecule has 1 heterocycles. The maximum absolute atomic E-state index is 11.9. The number of hydrogen-bond acceptors (Lipinski definition) is 4. The van der Waals surface area contributed by atoms with Crippen LogP contribution in [0.3, 0.4) is 0 Å². The second-order valence-corrected chi connectivity index (χ2v) is 4.70. The Balaban J connectivity index is 2.67. The second kappa shape index (κ2) is 6.77. The number of nitrogens with zero attached hydrogens (tertiary/aromatic N) is 1. The first-order valence-corrected chi connectivity index (χ1v) is 6.37. The van der Waals surface area contributed by atoms with Gasteiger partial charge in [-0.25, -0.2) is 0 Å². The molecule has 0 spiro atoms. The van der Waals surface area contributed by atoms with Crippen LogP contribution in [0.1, 0.15) is 13.3 Å². The first-order chi connectivity index (χ1) is 8.92. The van der Waals surface area contributed by atoms with Crippen molar-refractivity contribution >= 4 is 41.0 Å². The van der Waals surface area contributed by atoms with Gasteiger partial charge in [0.1, 0.15) is 17.6 Å². The van der Waals surface area contributed by atoms with Gasteiger partial charge in [0, 0.05) is 0 Å². The summed E-state index contributed by atoms with van der Waals surface area (Å²) in [5.41, 5.74) is 0. The largest absolute Gasteiger partial charge is 0.468 e. The van der Waals surface area contributed by atoms with Crippen LogP contribution in [-0.2, 0) is 19.1 Å². The van der Waals surface area contributed by atoms with Crippen molar-refractivity contribution in [3.63, 3.8) is 0 Å². The van der Waals surface area contributed by atoms with E-state index < -0.39 is 23.8 Å². The zero-order valence-corrected chi connectivity index (χ0v) is 12.0. The molecule has 106 valence electrons. The van der Waals surface area contributed by atoms with Crippen molar-refractivity contribution in [3.8, 4) is 0 Å².